The average molecular weight is 236 g/mol. The normalized spacial score (nSPS) is 15.7. The first kappa shape index (κ1) is 11.7. The van der Waals surface area contributed by atoms with Crippen LogP contribution < -0.4 is 5.32 Å². The minimum absolute atomic E-state index is 0.151. The van der Waals surface area contributed by atoms with Crippen molar-refractivity contribution < 1.29 is 14.6 Å². The van der Waals surface area contributed by atoms with Crippen LogP contribution in [0.1, 0.15) is 5.56 Å². The SMILES string of the molecule is Cc1c(O)cccc1NC(=O)N1CCOCC1. The van der Waals surface area contributed by atoms with Gasteiger partial charge in [-0.15, -0.1) is 0 Å². The van der Waals surface area contributed by atoms with Crippen molar-refractivity contribution in [1.82, 2.24) is 4.90 Å². The third-order valence-corrected chi connectivity index (χ3v) is 2.85. The van der Waals surface area contributed by atoms with Crippen molar-refractivity contribution in [2.45, 2.75) is 6.92 Å². The second-order valence-corrected chi connectivity index (χ2v) is 3.98. The fourth-order valence-electron chi connectivity index (χ4n) is 1.72. The maximum Gasteiger partial charge on any atom is 0.322 e. The van der Waals surface area contributed by atoms with Crippen LogP contribution in [0.3, 0.4) is 0 Å². The summed E-state index contributed by atoms with van der Waals surface area (Å²) in [6.07, 6.45) is 0. The van der Waals surface area contributed by atoms with Crippen molar-refractivity contribution in [3.63, 3.8) is 0 Å². The van der Waals surface area contributed by atoms with E-state index in [1.165, 1.54) is 0 Å². The van der Waals surface area contributed by atoms with Gasteiger partial charge in [0.05, 0.1) is 13.2 Å². The number of nitrogens with zero attached hydrogens (tertiary/aromatic N) is 1. The Morgan fingerprint density at radius 2 is 2.12 bits per heavy atom. The topological polar surface area (TPSA) is 61.8 Å². The molecule has 1 saturated heterocycles. The van der Waals surface area contributed by atoms with Gasteiger partial charge in [0.2, 0.25) is 0 Å². The van der Waals surface area contributed by atoms with E-state index in [2.05, 4.69) is 5.32 Å². The minimum atomic E-state index is -0.151. The summed E-state index contributed by atoms with van der Waals surface area (Å²) in [5, 5.41) is 12.3. The zero-order chi connectivity index (χ0) is 12.3. The number of benzene rings is 1. The van der Waals surface area contributed by atoms with Crippen molar-refractivity contribution in [2.24, 2.45) is 0 Å². The lowest BCUT2D eigenvalue weighted by molar-refractivity contribution is 0.0564. The van der Waals surface area contributed by atoms with Crippen molar-refractivity contribution in [2.75, 3.05) is 31.6 Å². The number of aromatic hydroxyl groups is 1. The van der Waals surface area contributed by atoms with Crippen LogP contribution in [0.4, 0.5) is 10.5 Å². The molecule has 5 nitrogen and oxygen atoms in total. The van der Waals surface area contributed by atoms with Crippen molar-refractivity contribution in [3.8, 4) is 5.75 Å². The molecule has 0 unspecified atom stereocenters. The Hall–Kier alpha value is -1.75. The molecule has 0 bridgehead atoms. The van der Waals surface area contributed by atoms with Gasteiger partial charge in [0.25, 0.3) is 0 Å². The largest absolute Gasteiger partial charge is 0.508 e. The molecule has 0 radical (unpaired) electrons. The van der Waals surface area contributed by atoms with Gasteiger partial charge in [0, 0.05) is 24.3 Å². The summed E-state index contributed by atoms with van der Waals surface area (Å²) in [5.41, 5.74) is 1.32. The first-order chi connectivity index (χ1) is 8.18. The molecule has 0 aliphatic carbocycles. The summed E-state index contributed by atoms with van der Waals surface area (Å²) < 4.78 is 5.18. The van der Waals surface area contributed by atoms with Crippen LogP contribution in [0.5, 0.6) is 5.75 Å². The molecule has 2 amide bonds. The highest BCUT2D eigenvalue weighted by Crippen LogP contribution is 2.24. The molecule has 1 aromatic carbocycles. The van der Waals surface area contributed by atoms with Crippen LogP contribution in [0, 0.1) is 6.92 Å². The molecule has 2 N–H and O–H groups in total. The first-order valence-electron chi connectivity index (χ1n) is 5.61. The van der Waals surface area contributed by atoms with Gasteiger partial charge in [-0.1, -0.05) is 6.07 Å². The van der Waals surface area contributed by atoms with Gasteiger partial charge in [-0.05, 0) is 19.1 Å². The number of phenols is 1. The Morgan fingerprint density at radius 1 is 1.41 bits per heavy atom. The van der Waals surface area contributed by atoms with E-state index in [0.29, 0.717) is 37.6 Å². The van der Waals surface area contributed by atoms with Gasteiger partial charge in [-0.3, -0.25) is 0 Å². The van der Waals surface area contributed by atoms with Crippen LogP contribution in [0.15, 0.2) is 18.2 Å². The van der Waals surface area contributed by atoms with E-state index in [1.807, 2.05) is 0 Å². The molecule has 1 aliphatic rings. The second-order valence-electron chi connectivity index (χ2n) is 3.98. The number of ether oxygens (including phenoxy) is 1. The summed E-state index contributed by atoms with van der Waals surface area (Å²) >= 11 is 0. The molecule has 0 atom stereocenters. The van der Waals surface area contributed by atoms with E-state index in [1.54, 1.807) is 30.0 Å². The summed E-state index contributed by atoms with van der Waals surface area (Å²) in [5.74, 6) is 0.185. The number of carbonyl (C=O) groups excluding carboxylic acids is 1. The summed E-state index contributed by atoms with van der Waals surface area (Å²) in [7, 11) is 0. The van der Waals surface area contributed by atoms with Gasteiger partial charge in [0.15, 0.2) is 0 Å². The minimum Gasteiger partial charge on any atom is -0.508 e. The van der Waals surface area contributed by atoms with E-state index in [0.717, 1.165) is 0 Å². The third-order valence-electron chi connectivity index (χ3n) is 2.85. The number of hydrogen-bond acceptors (Lipinski definition) is 3. The lowest BCUT2D eigenvalue weighted by Gasteiger charge is -2.27. The summed E-state index contributed by atoms with van der Waals surface area (Å²) in [6, 6.07) is 4.92. The highest BCUT2D eigenvalue weighted by Gasteiger charge is 2.17. The molecule has 0 spiro atoms. The fourth-order valence-corrected chi connectivity index (χ4v) is 1.72. The van der Waals surface area contributed by atoms with Crippen molar-refractivity contribution in [3.05, 3.63) is 23.8 Å². The van der Waals surface area contributed by atoms with Crippen LogP contribution in [-0.4, -0.2) is 42.3 Å². The van der Waals surface area contributed by atoms with E-state index in [9.17, 15) is 9.90 Å². The second kappa shape index (κ2) is 5.05. The Bertz CT molecular complexity index is 414. The van der Waals surface area contributed by atoms with E-state index < -0.39 is 0 Å². The zero-order valence-electron chi connectivity index (χ0n) is 9.77. The van der Waals surface area contributed by atoms with Crippen molar-refractivity contribution >= 4 is 11.7 Å². The standard InChI is InChI=1S/C12H16N2O3/c1-9-10(3-2-4-11(9)15)13-12(16)14-5-7-17-8-6-14/h2-4,15H,5-8H2,1H3,(H,13,16). The Balaban J connectivity index is 2.04. The lowest BCUT2D eigenvalue weighted by Crippen LogP contribution is -2.43. The van der Waals surface area contributed by atoms with E-state index in [-0.39, 0.29) is 11.8 Å². The zero-order valence-corrected chi connectivity index (χ0v) is 9.77. The average Bonchev–Trinajstić information content (AvgIpc) is 2.36. The van der Waals surface area contributed by atoms with Crippen LogP contribution in [-0.2, 0) is 4.74 Å². The molecule has 1 aromatic rings. The van der Waals surface area contributed by atoms with Crippen LogP contribution in [0.25, 0.3) is 0 Å². The smallest absolute Gasteiger partial charge is 0.322 e. The highest BCUT2D eigenvalue weighted by atomic mass is 16.5. The fraction of sp³-hybridized carbons (Fsp3) is 0.417. The predicted molar refractivity (Wildman–Crippen MR) is 64.3 cm³/mol. The Kier molecular flexibility index (Phi) is 3.49. The summed E-state index contributed by atoms with van der Waals surface area (Å²) in [6.45, 7) is 4.12. The molecule has 17 heavy (non-hydrogen) atoms. The monoisotopic (exact) mass is 236 g/mol. The van der Waals surface area contributed by atoms with E-state index in [4.69, 9.17) is 4.74 Å². The number of urea groups is 1. The molecular weight excluding hydrogens is 220 g/mol. The molecular formula is C12H16N2O3. The maximum absolute atomic E-state index is 11.9. The number of hydrogen-bond donors (Lipinski definition) is 2. The number of amides is 2. The number of anilines is 1. The van der Waals surface area contributed by atoms with Crippen LogP contribution in [0.2, 0.25) is 0 Å². The highest BCUT2D eigenvalue weighted by molar-refractivity contribution is 5.90. The quantitative estimate of drug-likeness (QED) is 0.778. The van der Waals surface area contributed by atoms with Crippen molar-refractivity contribution in [1.29, 1.82) is 0 Å². The number of phenolic OH excluding ortho intramolecular Hbond substituents is 1. The molecule has 2 rings (SSSR count). The van der Waals surface area contributed by atoms with Gasteiger partial charge in [-0.25, -0.2) is 4.79 Å². The molecule has 1 fully saturated rings. The van der Waals surface area contributed by atoms with Gasteiger partial charge < -0.3 is 20.1 Å². The third kappa shape index (κ3) is 2.68. The number of carbonyl (C=O) groups is 1. The Labute approximate surface area is 100.0 Å². The molecule has 92 valence electrons. The molecule has 5 heteroatoms. The van der Waals surface area contributed by atoms with E-state index >= 15 is 0 Å². The summed E-state index contributed by atoms with van der Waals surface area (Å²) in [4.78, 5) is 13.6. The van der Waals surface area contributed by atoms with Gasteiger partial charge in [0.1, 0.15) is 5.75 Å². The number of nitrogens with one attached hydrogen (secondary N) is 1. The molecule has 1 aliphatic heterocycles. The van der Waals surface area contributed by atoms with Crippen LogP contribution >= 0.6 is 0 Å². The number of rotatable bonds is 1. The predicted octanol–water partition coefficient (Wildman–Crippen LogP) is 1.56. The lowest BCUT2D eigenvalue weighted by atomic mass is 10.2. The maximum atomic E-state index is 11.9. The molecule has 0 saturated carbocycles. The number of morpholine rings is 1. The first-order valence-corrected chi connectivity index (χ1v) is 5.61. The van der Waals surface area contributed by atoms with Gasteiger partial charge in [-0.2, -0.15) is 0 Å². The van der Waals surface area contributed by atoms with Gasteiger partial charge >= 0.3 is 6.03 Å². The Morgan fingerprint density at radius 3 is 2.82 bits per heavy atom. The molecule has 1 heterocycles. The molecule has 0 aromatic heterocycles.